The molecule has 0 saturated carbocycles. The molecular formula is C8H15NO. The molecular weight excluding hydrogens is 126 g/mol. The Morgan fingerprint density at radius 2 is 1.40 bits per heavy atom. The Hall–Kier alpha value is -1.02. The second-order valence-corrected chi connectivity index (χ2v) is 1.71. The molecule has 2 nitrogen and oxygen atoms in total. The van der Waals surface area contributed by atoms with Gasteiger partial charge in [-0.3, -0.25) is 0 Å². The summed E-state index contributed by atoms with van der Waals surface area (Å²) in [5.74, 6) is 0. The van der Waals surface area contributed by atoms with Gasteiger partial charge in [0.15, 0.2) is 0 Å². The quantitative estimate of drug-likeness (QED) is 0.525. The van der Waals surface area contributed by atoms with E-state index in [1.165, 1.54) is 0 Å². The van der Waals surface area contributed by atoms with Gasteiger partial charge in [-0.05, 0) is 6.20 Å². The van der Waals surface area contributed by atoms with Gasteiger partial charge in [0, 0.05) is 13.1 Å². The van der Waals surface area contributed by atoms with Crippen molar-refractivity contribution in [2.45, 2.75) is 0 Å². The van der Waals surface area contributed by atoms with Crippen molar-refractivity contribution in [3.63, 3.8) is 0 Å². The Balaban J connectivity index is 0. The molecule has 2 N–H and O–H groups in total. The first-order valence-corrected chi connectivity index (χ1v) is 2.93. The zero-order valence-electron chi connectivity index (χ0n) is 6.21. The molecule has 0 aliphatic rings. The first-order valence-electron chi connectivity index (χ1n) is 2.93. The molecule has 0 spiro atoms. The summed E-state index contributed by atoms with van der Waals surface area (Å²) in [5, 5.41) is 0. The number of rotatable bonds is 5. The highest BCUT2D eigenvalue weighted by Crippen LogP contribution is 1.87. The predicted octanol–water partition coefficient (Wildman–Crippen LogP) is 0.979. The molecule has 0 heterocycles. The maximum absolute atomic E-state index is 3.63. The highest BCUT2D eigenvalue weighted by atomic mass is 16.0. The Morgan fingerprint density at radius 1 is 1.00 bits per heavy atom. The van der Waals surface area contributed by atoms with E-state index in [2.05, 4.69) is 19.7 Å². The minimum atomic E-state index is 0. The smallest absolute Gasteiger partial charge is 0.0354 e. The fraction of sp³-hybridized carbons (Fsp3) is 0.250. The van der Waals surface area contributed by atoms with Gasteiger partial charge < -0.3 is 10.4 Å². The second-order valence-electron chi connectivity index (χ2n) is 1.71. The SMILES string of the molecule is C=CCN(C=C)CC=C.O. The highest BCUT2D eigenvalue weighted by molar-refractivity contribution is 4.84. The van der Waals surface area contributed by atoms with E-state index in [1.54, 1.807) is 6.20 Å². The maximum atomic E-state index is 3.63. The summed E-state index contributed by atoms with van der Waals surface area (Å²) in [7, 11) is 0. The number of nitrogens with zero attached hydrogens (tertiary/aromatic N) is 1. The average molecular weight is 141 g/mol. The summed E-state index contributed by atoms with van der Waals surface area (Å²) in [4.78, 5) is 2.01. The lowest BCUT2D eigenvalue weighted by molar-refractivity contribution is 0.464. The minimum absolute atomic E-state index is 0. The van der Waals surface area contributed by atoms with Gasteiger partial charge in [-0.1, -0.05) is 18.7 Å². The molecule has 0 bridgehead atoms. The highest BCUT2D eigenvalue weighted by Gasteiger charge is 1.87. The first kappa shape index (κ1) is 11.7. The van der Waals surface area contributed by atoms with Crippen LogP contribution in [0, 0.1) is 0 Å². The molecule has 0 aliphatic heterocycles. The molecule has 0 unspecified atom stereocenters. The van der Waals surface area contributed by atoms with E-state index in [4.69, 9.17) is 0 Å². The fourth-order valence-electron chi connectivity index (χ4n) is 0.555. The molecule has 0 radical (unpaired) electrons. The minimum Gasteiger partial charge on any atom is -0.412 e. The molecule has 0 fully saturated rings. The van der Waals surface area contributed by atoms with Crippen LogP contribution in [-0.2, 0) is 0 Å². The molecule has 0 aromatic carbocycles. The molecule has 10 heavy (non-hydrogen) atoms. The monoisotopic (exact) mass is 141 g/mol. The number of hydrogen-bond donors (Lipinski definition) is 0. The Bertz CT molecular complexity index is 99.8. The van der Waals surface area contributed by atoms with Gasteiger partial charge in [-0.2, -0.15) is 0 Å². The van der Waals surface area contributed by atoms with Crippen LogP contribution in [0.4, 0.5) is 0 Å². The Kier molecular flexibility index (Phi) is 9.37. The van der Waals surface area contributed by atoms with Crippen molar-refractivity contribution >= 4 is 0 Å². The van der Waals surface area contributed by atoms with Crippen molar-refractivity contribution in [2.75, 3.05) is 13.1 Å². The zero-order valence-corrected chi connectivity index (χ0v) is 6.21. The molecule has 0 rings (SSSR count). The molecule has 0 saturated heterocycles. The largest absolute Gasteiger partial charge is 0.412 e. The topological polar surface area (TPSA) is 34.7 Å². The van der Waals surface area contributed by atoms with Crippen molar-refractivity contribution in [3.8, 4) is 0 Å². The summed E-state index contributed by atoms with van der Waals surface area (Å²) in [6.45, 7) is 12.5. The van der Waals surface area contributed by atoms with Crippen LogP contribution >= 0.6 is 0 Å². The third kappa shape index (κ3) is 5.12. The summed E-state index contributed by atoms with van der Waals surface area (Å²) in [6.07, 6.45) is 5.46. The van der Waals surface area contributed by atoms with Gasteiger partial charge in [0.25, 0.3) is 0 Å². The van der Waals surface area contributed by atoms with Gasteiger partial charge >= 0.3 is 0 Å². The molecule has 0 amide bonds. The summed E-state index contributed by atoms with van der Waals surface area (Å²) < 4.78 is 0. The van der Waals surface area contributed by atoms with Crippen LogP contribution in [-0.4, -0.2) is 23.5 Å². The van der Waals surface area contributed by atoms with Crippen molar-refractivity contribution in [1.82, 2.24) is 4.90 Å². The van der Waals surface area contributed by atoms with Crippen molar-refractivity contribution in [2.24, 2.45) is 0 Å². The fourth-order valence-corrected chi connectivity index (χ4v) is 0.555. The Morgan fingerprint density at radius 3 is 1.60 bits per heavy atom. The summed E-state index contributed by atoms with van der Waals surface area (Å²) >= 11 is 0. The van der Waals surface area contributed by atoms with E-state index in [0.29, 0.717) is 0 Å². The van der Waals surface area contributed by atoms with Crippen LogP contribution < -0.4 is 0 Å². The van der Waals surface area contributed by atoms with Crippen molar-refractivity contribution in [1.29, 1.82) is 0 Å². The standard InChI is InChI=1S/C8H13N.H2O/c1-4-7-9(6-3)8-5-2;/h4-6H,1-3,7-8H2;1H2. The van der Waals surface area contributed by atoms with Gasteiger partial charge in [-0.25, -0.2) is 0 Å². The van der Waals surface area contributed by atoms with Gasteiger partial charge in [0.1, 0.15) is 0 Å². The van der Waals surface area contributed by atoms with Crippen LogP contribution in [0.1, 0.15) is 0 Å². The van der Waals surface area contributed by atoms with E-state index < -0.39 is 0 Å². The molecule has 2 heteroatoms. The van der Waals surface area contributed by atoms with Crippen LogP contribution in [0.5, 0.6) is 0 Å². The van der Waals surface area contributed by atoms with E-state index in [0.717, 1.165) is 13.1 Å². The zero-order chi connectivity index (χ0) is 7.11. The van der Waals surface area contributed by atoms with Gasteiger partial charge in [0.05, 0.1) is 0 Å². The van der Waals surface area contributed by atoms with E-state index in [9.17, 15) is 0 Å². The van der Waals surface area contributed by atoms with E-state index in [1.807, 2.05) is 17.1 Å². The van der Waals surface area contributed by atoms with E-state index >= 15 is 0 Å². The van der Waals surface area contributed by atoms with E-state index in [-0.39, 0.29) is 5.48 Å². The number of hydrogen-bond acceptors (Lipinski definition) is 1. The third-order valence-electron chi connectivity index (χ3n) is 0.985. The summed E-state index contributed by atoms with van der Waals surface area (Å²) in [6, 6.07) is 0. The Labute approximate surface area is 62.5 Å². The summed E-state index contributed by atoms with van der Waals surface area (Å²) in [5.41, 5.74) is 0. The maximum Gasteiger partial charge on any atom is 0.0354 e. The molecule has 0 aromatic heterocycles. The van der Waals surface area contributed by atoms with Crippen LogP contribution in [0.3, 0.4) is 0 Å². The molecule has 0 aromatic rings. The normalized spacial score (nSPS) is 7.20. The third-order valence-corrected chi connectivity index (χ3v) is 0.985. The molecule has 0 aliphatic carbocycles. The van der Waals surface area contributed by atoms with Gasteiger partial charge in [-0.15, -0.1) is 13.2 Å². The lowest BCUT2D eigenvalue weighted by Gasteiger charge is -2.13. The van der Waals surface area contributed by atoms with Gasteiger partial charge in [0.2, 0.25) is 0 Å². The lowest BCUT2D eigenvalue weighted by atomic mass is 10.5. The van der Waals surface area contributed by atoms with Crippen LogP contribution in [0.25, 0.3) is 0 Å². The second kappa shape index (κ2) is 7.98. The van der Waals surface area contributed by atoms with Crippen LogP contribution in [0.2, 0.25) is 0 Å². The molecule has 0 atom stereocenters. The first-order chi connectivity index (χ1) is 4.35. The van der Waals surface area contributed by atoms with Crippen LogP contribution in [0.15, 0.2) is 38.1 Å². The van der Waals surface area contributed by atoms with Crippen molar-refractivity contribution in [3.05, 3.63) is 38.1 Å². The molecule has 58 valence electrons. The lowest BCUT2D eigenvalue weighted by Crippen LogP contribution is -2.15. The average Bonchev–Trinajstić information content (AvgIpc) is 1.88. The predicted molar refractivity (Wildman–Crippen MR) is 45.8 cm³/mol. The van der Waals surface area contributed by atoms with Crippen molar-refractivity contribution < 1.29 is 5.48 Å².